The van der Waals surface area contributed by atoms with E-state index in [0.29, 0.717) is 21.9 Å². The molecule has 0 spiro atoms. The van der Waals surface area contributed by atoms with Gasteiger partial charge >= 0.3 is 0 Å². The molecule has 18 heavy (non-hydrogen) atoms. The van der Waals surface area contributed by atoms with E-state index >= 15 is 0 Å². The summed E-state index contributed by atoms with van der Waals surface area (Å²) in [4.78, 5) is 2.15. The third kappa shape index (κ3) is 4.47. The van der Waals surface area contributed by atoms with Crippen LogP contribution in [-0.4, -0.2) is 39.5 Å². The number of nitrogens with one attached hydrogen (secondary N) is 1. The highest BCUT2D eigenvalue weighted by atomic mass is 79.9. The number of nitrogens with zero attached hydrogens (tertiary/aromatic N) is 1. The van der Waals surface area contributed by atoms with Crippen LogP contribution >= 0.6 is 38.9 Å². The van der Waals surface area contributed by atoms with Crippen LogP contribution in [0.1, 0.15) is 13.8 Å². The molecule has 8 heteroatoms. The molecule has 0 aliphatic carbocycles. The molecule has 1 N–H and O–H groups in total. The van der Waals surface area contributed by atoms with Crippen LogP contribution in [0.4, 0.5) is 0 Å². The lowest BCUT2D eigenvalue weighted by Crippen LogP contribution is -2.34. The number of likely N-dealkylation sites (N-methyl/N-ethyl adjacent to an activating group) is 1. The molecule has 4 nitrogen and oxygen atoms in total. The summed E-state index contributed by atoms with van der Waals surface area (Å²) >= 11 is 10.1. The molecule has 0 radical (unpaired) electrons. The van der Waals surface area contributed by atoms with Gasteiger partial charge in [-0.05, 0) is 35.1 Å². The van der Waals surface area contributed by atoms with Gasteiger partial charge in [-0.1, -0.05) is 25.4 Å². The number of hydrogen-bond donors (Lipinski definition) is 1. The van der Waals surface area contributed by atoms with Crippen molar-refractivity contribution in [3.63, 3.8) is 0 Å². The summed E-state index contributed by atoms with van der Waals surface area (Å²) in [5, 5.41) is 0.420. The molecule has 1 heterocycles. The van der Waals surface area contributed by atoms with Gasteiger partial charge in [0.05, 0.1) is 8.81 Å². The average molecular weight is 376 g/mol. The first-order chi connectivity index (χ1) is 8.40. The predicted molar refractivity (Wildman–Crippen MR) is 80.0 cm³/mol. The van der Waals surface area contributed by atoms with Gasteiger partial charge in [-0.2, -0.15) is 0 Å². The maximum atomic E-state index is 12.0. The zero-order valence-electron chi connectivity index (χ0n) is 10.2. The smallest absolute Gasteiger partial charge is 0.250 e. The first-order valence-electron chi connectivity index (χ1n) is 5.57. The largest absolute Gasteiger partial charge is 0.303 e. The zero-order chi connectivity index (χ0) is 13.8. The number of sulfonamides is 1. The molecule has 0 bridgehead atoms. The Morgan fingerprint density at radius 3 is 2.50 bits per heavy atom. The van der Waals surface area contributed by atoms with E-state index in [1.807, 2.05) is 13.8 Å². The Labute approximate surface area is 126 Å². The minimum absolute atomic E-state index is 0.235. The second kappa shape index (κ2) is 7.21. The molecular formula is C10H16BrClN2O2S2. The number of halogens is 2. The Kier molecular flexibility index (Phi) is 6.57. The molecule has 0 atom stereocenters. The fraction of sp³-hybridized carbons (Fsp3) is 0.600. The topological polar surface area (TPSA) is 49.4 Å². The van der Waals surface area contributed by atoms with Crippen LogP contribution < -0.4 is 4.72 Å². The summed E-state index contributed by atoms with van der Waals surface area (Å²) in [5.74, 6) is 0. The van der Waals surface area contributed by atoms with Gasteiger partial charge in [0.2, 0.25) is 10.0 Å². The van der Waals surface area contributed by atoms with Crippen LogP contribution in [0.3, 0.4) is 0 Å². The van der Waals surface area contributed by atoms with Gasteiger partial charge in [-0.3, -0.25) is 0 Å². The minimum Gasteiger partial charge on any atom is -0.303 e. The lowest BCUT2D eigenvalue weighted by atomic mass is 10.5. The van der Waals surface area contributed by atoms with Gasteiger partial charge in [0.1, 0.15) is 4.21 Å². The fourth-order valence-electron chi connectivity index (χ4n) is 1.41. The SMILES string of the molecule is CCN(CC)CCNS(=O)(=O)c1cc(Cl)c(Br)s1. The summed E-state index contributed by atoms with van der Waals surface area (Å²) in [7, 11) is -3.45. The Balaban J connectivity index is 2.60. The van der Waals surface area contributed by atoms with Gasteiger partial charge in [0.25, 0.3) is 0 Å². The summed E-state index contributed by atoms with van der Waals surface area (Å²) in [6.45, 7) is 7.02. The maximum absolute atomic E-state index is 12.0. The summed E-state index contributed by atoms with van der Waals surface area (Å²) in [6, 6.07) is 1.45. The van der Waals surface area contributed by atoms with Gasteiger partial charge in [-0.15, -0.1) is 11.3 Å². The Morgan fingerprint density at radius 2 is 2.06 bits per heavy atom. The average Bonchev–Trinajstić information content (AvgIpc) is 2.66. The van der Waals surface area contributed by atoms with Gasteiger partial charge < -0.3 is 4.90 Å². The van der Waals surface area contributed by atoms with E-state index in [0.717, 1.165) is 24.4 Å². The molecule has 0 aliphatic rings. The third-order valence-corrected chi connectivity index (χ3v) is 6.91. The zero-order valence-corrected chi connectivity index (χ0v) is 14.2. The number of thiophene rings is 1. The Hall–Kier alpha value is 0.340. The summed E-state index contributed by atoms with van der Waals surface area (Å²) in [6.07, 6.45) is 0. The molecule has 0 aliphatic heterocycles. The minimum atomic E-state index is -3.45. The predicted octanol–water partition coefficient (Wildman–Crippen LogP) is 2.78. The highest BCUT2D eigenvalue weighted by molar-refractivity contribution is 9.11. The van der Waals surface area contributed by atoms with E-state index in [2.05, 4.69) is 25.6 Å². The van der Waals surface area contributed by atoms with Crippen molar-refractivity contribution in [1.29, 1.82) is 0 Å². The molecule has 104 valence electrons. The Morgan fingerprint density at radius 1 is 1.44 bits per heavy atom. The highest BCUT2D eigenvalue weighted by Gasteiger charge is 2.18. The van der Waals surface area contributed by atoms with Crippen LogP contribution in [0.25, 0.3) is 0 Å². The lowest BCUT2D eigenvalue weighted by molar-refractivity contribution is 0.309. The van der Waals surface area contributed by atoms with Crippen molar-refractivity contribution in [2.45, 2.75) is 18.1 Å². The molecule has 1 aromatic rings. The molecule has 0 fully saturated rings. The second-order valence-corrected chi connectivity index (χ2v) is 8.38. The van der Waals surface area contributed by atoms with Crippen LogP contribution in [-0.2, 0) is 10.0 Å². The molecule has 0 saturated carbocycles. The molecule has 1 aromatic heterocycles. The second-order valence-electron chi connectivity index (χ2n) is 3.61. The summed E-state index contributed by atoms with van der Waals surface area (Å²) < 4.78 is 27.4. The Bertz CT molecular complexity index is 467. The van der Waals surface area contributed by atoms with E-state index in [4.69, 9.17) is 11.6 Å². The van der Waals surface area contributed by atoms with Crippen LogP contribution in [0.15, 0.2) is 14.1 Å². The quantitative estimate of drug-likeness (QED) is 0.797. The van der Waals surface area contributed by atoms with Gasteiger partial charge in [0, 0.05) is 13.1 Å². The van der Waals surface area contributed by atoms with Crippen LogP contribution in [0.2, 0.25) is 5.02 Å². The maximum Gasteiger partial charge on any atom is 0.250 e. The van der Waals surface area contributed by atoms with Crippen molar-refractivity contribution < 1.29 is 8.42 Å². The fourth-order valence-corrected chi connectivity index (χ4v) is 4.87. The lowest BCUT2D eigenvalue weighted by Gasteiger charge is -2.17. The van der Waals surface area contributed by atoms with Crippen molar-refractivity contribution in [1.82, 2.24) is 9.62 Å². The normalized spacial score (nSPS) is 12.3. The van der Waals surface area contributed by atoms with Crippen molar-refractivity contribution in [2.75, 3.05) is 26.2 Å². The molecule has 0 saturated heterocycles. The van der Waals surface area contributed by atoms with E-state index in [1.54, 1.807) is 0 Å². The first kappa shape index (κ1) is 16.4. The van der Waals surface area contributed by atoms with Crippen molar-refractivity contribution in [3.8, 4) is 0 Å². The van der Waals surface area contributed by atoms with Crippen LogP contribution in [0.5, 0.6) is 0 Å². The van der Waals surface area contributed by atoms with Gasteiger partial charge in [-0.25, -0.2) is 13.1 Å². The van der Waals surface area contributed by atoms with E-state index in [-0.39, 0.29) is 4.21 Å². The van der Waals surface area contributed by atoms with E-state index < -0.39 is 10.0 Å². The standard InChI is InChI=1S/C10H16BrClN2O2S2/c1-3-14(4-2)6-5-13-18(15,16)9-7-8(12)10(11)17-9/h7,13H,3-6H2,1-2H3. The van der Waals surface area contributed by atoms with Crippen molar-refractivity contribution in [3.05, 3.63) is 14.9 Å². The number of rotatable bonds is 7. The monoisotopic (exact) mass is 374 g/mol. The summed E-state index contributed by atoms with van der Waals surface area (Å²) in [5.41, 5.74) is 0. The van der Waals surface area contributed by atoms with Crippen molar-refractivity contribution >= 4 is 48.9 Å². The highest BCUT2D eigenvalue weighted by Crippen LogP contribution is 2.34. The third-order valence-electron chi connectivity index (χ3n) is 2.50. The first-order valence-corrected chi connectivity index (χ1v) is 9.04. The molecule has 0 aromatic carbocycles. The van der Waals surface area contributed by atoms with Gasteiger partial charge in [0.15, 0.2) is 0 Å². The van der Waals surface area contributed by atoms with Crippen LogP contribution in [0, 0.1) is 0 Å². The molecule has 1 rings (SSSR count). The molecule has 0 unspecified atom stereocenters. The number of hydrogen-bond acceptors (Lipinski definition) is 4. The molecule has 0 amide bonds. The van der Waals surface area contributed by atoms with E-state index in [9.17, 15) is 8.42 Å². The van der Waals surface area contributed by atoms with Crippen molar-refractivity contribution in [2.24, 2.45) is 0 Å². The molecular weight excluding hydrogens is 360 g/mol. The van der Waals surface area contributed by atoms with E-state index in [1.165, 1.54) is 6.07 Å².